The number of carboxylic acid groups (broad SMARTS) is 1. The third-order valence-corrected chi connectivity index (χ3v) is 23.5. The van der Waals surface area contributed by atoms with E-state index in [-0.39, 0.29) is 75.1 Å². The molecule has 1 aliphatic heterocycles. The summed E-state index contributed by atoms with van der Waals surface area (Å²) in [6.07, 6.45) is -0.245. The first-order valence-corrected chi connectivity index (χ1v) is 44.5. The van der Waals surface area contributed by atoms with Crippen molar-refractivity contribution in [2.45, 2.75) is 178 Å². The molecule has 1 fully saturated rings. The van der Waals surface area contributed by atoms with E-state index >= 15 is 42.7 Å². The molecule has 2 heterocycles. The second-order valence-electron chi connectivity index (χ2n) is 33.6. The van der Waals surface area contributed by atoms with Gasteiger partial charge in [-0.25, -0.2) is 4.39 Å². The van der Waals surface area contributed by atoms with Crippen molar-refractivity contribution in [2.75, 3.05) is 66.4 Å². The van der Waals surface area contributed by atoms with Crippen LogP contribution in [0.4, 0.5) is 4.39 Å². The molecule has 1 aromatic heterocycles. The van der Waals surface area contributed by atoms with E-state index < -0.39 is 210 Å². The van der Waals surface area contributed by atoms with Crippen molar-refractivity contribution in [1.82, 2.24) is 77.3 Å². The van der Waals surface area contributed by atoms with E-state index in [0.29, 0.717) is 51.6 Å². The predicted octanol–water partition coefficient (Wildman–Crippen LogP) is 2.22. The number of aromatic nitrogens is 1. The molecule has 8 rings (SSSR count). The molecule has 6 aromatic carbocycles. The number of para-hydroxylation sites is 1. The molecule has 0 spiro atoms. The summed E-state index contributed by atoms with van der Waals surface area (Å²) in [4.78, 5) is 244. The summed E-state index contributed by atoms with van der Waals surface area (Å²) in [6.45, 7) is 6.26. The molecule has 0 bridgehead atoms. The number of rotatable bonds is 24. The lowest BCUT2D eigenvalue weighted by atomic mass is 9.98. The van der Waals surface area contributed by atoms with Gasteiger partial charge in [-0.3, -0.25) is 76.7 Å². The van der Waals surface area contributed by atoms with Gasteiger partial charge in [-0.1, -0.05) is 175 Å². The van der Waals surface area contributed by atoms with E-state index in [9.17, 15) is 48.6 Å². The van der Waals surface area contributed by atoms with Crippen LogP contribution in [-0.4, -0.2) is 267 Å². The van der Waals surface area contributed by atoms with E-state index in [0.717, 1.165) is 54.0 Å². The number of nitrogens with two attached hydrogens (primary N) is 2. The predicted molar refractivity (Wildman–Crippen MR) is 488 cm³/mol. The Morgan fingerprint density at radius 1 is 0.496 bits per heavy atom. The standard InChI is InChI=1S/C94H120FN17O18S/c1-11-12-30-75-92(128)109(7)52-80(116)101-71(47-82(118)119)88(124)107-83(56(4)5)94(130)111(9)76(44-57-22-15-13-16-23-57)89(125)105-72(42-59-31-33-61(48-96)34-32-59)90(126)108(6)51-79(115)100-70(46-63-49-98-67-29-20-19-28-66(63)67)87(123)104-69(41-60-35-37-65(113)38-36-60)86(122)103-68(39-55(2)3)85(121)106-74(84(120)99-50-78(97)114)53-131-54-81(117)102-73(43-62-26-21-27-64(95)40-62)91(127)112(10)77(93(129)110(75)8)45-58-24-17-14-18-25-58/h13-29,31-38,40,49,55-56,68-77,83,98,113H,11-12,30,39,41-48,50-54,96H2,1-10H3,(H2,97,114)(H,99,120)(H,100,115)(H,101,116)(H,102,117)(H,103,122)(H,104,123)(H,105,125)(H,106,121)(H,107,124)(H,118,119)/t68-,69-,70-,71-,72-,73-,74-,75-,76-,77-,83-/m0/s1. The van der Waals surface area contributed by atoms with E-state index in [2.05, 4.69) is 52.8 Å². The number of benzene rings is 6. The van der Waals surface area contributed by atoms with Gasteiger partial charge in [-0.15, -0.1) is 11.8 Å². The first-order chi connectivity index (χ1) is 62.3. The summed E-state index contributed by atoms with van der Waals surface area (Å²) in [5, 5.41) is 45.1. The highest BCUT2D eigenvalue weighted by molar-refractivity contribution is 8.00. The third-order valence-electron chi connectivity index (χ3n) is 22.4. The van der Waals surface area contributed by atoms with E-state index in [1.54, 1.807) is 143 Å². The SMILES string of the molecule is CCCC[C@H]1C(=O)N(C)CC(=O)N[C@@H](CC(=O)O)C(=O)N[C@@H](C(C)C)C(=O)N(C)[C@@H](Cc2ccccc2)C(=O)N[C@@H](Cc2ccc(CN)cc2)C(=O)N(C)CC(=O)N[C@@H](Cc2c[nH]c3ccccc23)C(=O)N[C@@H](Cc2ccc(O)cc2)C(=O)N[C@@H](CC(C)C)C(=O)N[C@H](C(=O)NCC(N)=O)CSCC(=O)N[C@@H](Cc2cccc(F)c2)C(=O)N(C)[C@@H](Cc2ccccc2)C(=O)N1C. The molecule has 37 heteroatoms. The maximum absolute atomic E-state index is 15.5. The zero-order valence-electron chi connectivity index (χ0n) is 75.2. The number of thioether (sulfide) groups is 1. The number of phenols is 1. The number of carbonyl (C=O) groups is 16. The number of H-pyrrole nitrogens is 1. The van der Waals surface area contributed by atoms with Crippen molar-refractivity contribution in [3.05, 3.63) is 209 Å². The number of halogens is 1. The van der Waals surface area contributed by atoms with Gasteiger partial charge in [0.15, 0.2) is 0 Å². The lowest BCUT2D eigenvalue weighted by Gasteiger charge is -2.37. The summed E-state index contributed by atoms with van der Waals surface area (Å²) in [5.74, 6) is -18.5. The Hall–Kier alpha value is -13.6. The molecule has 702 valence electrons. The normalized spacial score (nSPS) is 21.8. The van der Waals surface area contributed by atoms with Gasteiger partial charge < -0.3 is 99.0 Å². The highest BCUT2D eigenvalue weighted by atomic mass is 32.2. The number of likely N-dealkylation sites (N-methyl/N-ethyl adjacent to an activating group) is 5. The molecule has 0 radical (unpaired) electrons. The minimum absolute atomic E-state index is 0.00208. The zero-order chi connectivity index (χ0) is 95.9. The second kappa shape index (κ2) is 49.8. The number of nitrogens with one attached hydrogen (secondary N) is 10. The number of primary amides is 1. The van der Waals surface area contributed by atoms with Crippen LogP contribution in [0.3, 0.4) is 0 Å². The highest BCUT2D eigenvalue weighted by Gasteiger charge is 2.42. The first-order valence-electron chi connectivity index (χ1n) is 43.3. The Labute approximate surface area is 764 Å². The molecule has 0 unspecified atom stereocenters. The van der Waals surface area contributed by atoms with Crippen LogP contribution < -0.4 is 59.3 Å². The summed E-state index contributed by atoms with van der Waals surface area (Å²) >= 11 is 0.776. The maximum atomic E-state index is 15.5. The number of carboxylic acids is 1. The number of amides is 15. The number of phenolic OH excluding ortho intramolecular Hbond substituents is 1. The van der Waals surface area contributed by atoms with Crippen molar-refractivity contribution in [1.29, 1.82) is 0 Å². The molecule has 16 N–H and O–H groups in total. The van der Waals surface area contributed by atoms with Crippen LogP contribution in [-0.2, 0) is 122 Å². The van der Waals surface area contributed by atoms with E-state index in [4.69, 9.17) is 11.5 Å². The number of aromatic hydroxyl groups is 1. The summed E-state index contributed by atoms with van der Waals surface area (Å²) in [7, 11) is 6.45. The monoisotopic (exact) mass is 1830 g/mol. The topological polar surface area (TPSA) is 506 Å². The Morgan fingerprint density at radius 2 is 0.985 bits per heavy atom. The van der Waals surface area contributed by atoms with Gasteiger partial charge in [0.05, 0.1) is 31.8 Å². The van der Waals surface area contributed by atoms with Crippen molar-refractivity contribution >= 4 is 117 Å². The lowest BCUT2D eigenvalue weighted by molar-refractivity contribution is -0.151. The molecule has 1 aliphatic rings. The van der Waals surface area contributed by atoms with Gasteiger partial charge in [0.1, 0.15) is 78.0 Å². The quantitative estimate of drug-likeness (QED) is 0.0412. The summed E-state index contributed by atoms with van der Waals surface area (Å²) in [5.41, 5.74) is 15.5. The lowest BCUT2D eigenvalue weighted by Crippen LogP contribution is -2.61. The minimum atomic E-state index is -1.92. The molecular formula is C94H120FN17O18S. The van der Waals surface area contributed by atoms with Gasteiger partial charge in [-0.05, 0) is 94.0 Å². The smallest absolute Gasteiger partial charge is 0.305 e. The maximum Gasteiger partial charge on any atom is 0.305 e. The van der Waals surface area contributed by atoms with Crippen LogP contribution in [0.25, 0.3) is 10.9 Å². The number of aromatic amines is 1. The van der Waals surface area contributed by atoms with Crippen molar-refractivity contribution in [3.63, 3.8) is 0 Å². The third kappa shape index (κ3) is 31.1. The van der Waals surface area contributed by atoms with Crippen LogP contribution in [0.2, 0.25) is 0 Å². The van der Waals surface area contributed by atoms with E-state index in [1.807, 2.05) is 6.92 Å². The van der Waals surface area contributed by atoms with Crippen LogP contribution in [0.15, 0.2) is 164 Å². The molecule has 11 atom stereocenters. The fourth-order valence-corrected chi connectivity index (χ4v) is 16.0. The van der Waals surface area contributed by atoms with Gasteiger partial charge in [0, 0.05) is 103 Å². The Balaban J connectivity index is 1.22. The number of aliphatic carboxylic acids is 1. The van der Waals surface area contributed by atoms with Crippen molar-refractivity contribution in [2.24, 2.45) is 23.3 Å². The number of carbonyl (C=O) groups excluding carboxylic acids is 15. The number of fused-ring (bicyclic) bond motifs is 1. The Bertz CT molecular complexity index is 5170. The average molecular weight is 1830 g/mol. The molecule has 7 aromatic rings. The molecule has 35 nitrogen and oxygen atoms in total. The van der Waals surface area contributed by atoms with Crippen LogP contribution in [0.1, 0.15) is 106 Å². The summed E-state index contributed by atoms with van der Waals surface area (Å²) in [6, 6.07) is 24.5. The van der Waals surface area contributed by atoms with Gasteiger partial charge >= 0.3 is 5.97 Å². The highest BCUT2D eigenvalue weighted by Crippen LogP contribution is 2.25. The van der Waals surface area contributed by atoms with Crippen LogP contribution in [0.5, 0.6) is 5.75 Å². The molecule has 15 amide bonds. The average Bonchev–Trinajstić information content (AvgIpc) is 1.78. The Kier molecular flexibility index (Phi) is 39.1. The molecule has 131 heavy (non-hydrogen) atoms. The number of nitrogens with zero attached hydrogens (tertiary/aromatic N) is 5. The fraction of sp³-hybridized carbons (Fsp3) is 0.426. The number of hydrogen-bond donors (Lipinski definition) is 14. The fourth-order valence-electron chi connectivity index (χ4n) is 15.2. The van der Waals surface area contributed by atoms with E-state index in [1.165, 1.54) is 71.6 Å². The van der Waals surface area contributed by atoms with Crippen molar-refractivity contribution < 1.29 is 91.3 Å². The molecule has 1 saturated heterocycles. The van der Waals surface area contributed by atoms with Gasteiger partial charge in [0.25, 0.3) is 0 Å². The number of hydrogen-bond acceptors (Lipinski definition) is 19. The number of unbranched alkanes of at least 4 members (excludes halogenated alkanes) is 1. The molecule has 0 saturated carbocycles. The van der Waals surface area contributed by atoms with Crippen LogP contribution in [0, 0.1) is 17.7 Å². The van der Waals surface area contributed by atoms with Gasteiger partial charge in [-0.2, -0.15) is 0 Å². The summed E-state index contributed by atoms with van der Waals surface area (Å²) < 4.78 is 15.1. The largest absolute Gasteiger partial charge is 0.508 e. The first kappa shape index (κ1) is 103. The second-order valence-corrected chi connectivity index (χ2v) is 34.6. The van der Waals surface area contributed by atoms with Crippen LogP contribution >= 0.6 is 11.8 Å². The zero-order valence-corrected chi connectivity index (χ0v) is 76.0. The van der Waals surface area contributed by atoms with Gasteiger partial charge in [0.2, 0.25) is 88.6 Å². The van der Waals surface area contributed by atoms with Crippen molar-refractivity contribution in [3.8, 4) is 5.75 Å². The molecule has 0 aliphatic carbocycles. The minimum Gasteiger partial charge on any atom is -0.508 e. The Morgan fingerprint density at radius 3 is 1.57 bits per heavy atom. The molecular weight excluding hydrogens is 1710 g/mol.